The van der Waals surface area contributed by atoms with Crippen LogP contribution in [-0.2, 0) is 21.2 Å². The Balaban J connectivity index is 1.74. The van der Waals surface area contributed by atoms with Crippen LogP contribution in [0.2, 0.25) is 0 Å². The van der Waals surface area contributed by atoms with Gasteiger partial charge in [0, 0.05) is 31.5 Å². The van der Waals surface area contributed by atoms with Crippen LogP contribution in [0.15, 0.2) is 58.0 Å². The fourth-order valence-corrected chi connectivity index (χ4v) is 5.03. The summed E-state index contributed by atoms with van der Waals surface area (Å²) < 4.78 is 38.9. The van der Waals surface area contributed by atoms with Gasteiger partial charge in [-0.05, 0) is 39.0 Å². The van der Waals surface area contributed by atoms with Crippen molar-refractivity contribution < 1.29 is 22.4 Å². The molecule has 2 aromatic carbocycles. The summed E-state index contributed by atoms with van der Waals surface area (Å²) in [6.07, 6.45) is 1.91. The minimum absolute atomic E-state index is 0.100. The molecule has 0 atom stereocenters. The standard InChI is InChI=1S/C26H33N3O5S/c1-6-29(7-2)35(31,32)21-12-13-23(33-18(3)4)22(16-21)28-25(30)14-15-26-27-17-24(34-26)20-10-8-19(5)9-11-20/h8-13,16-18H,6-7,14-15H2,1-5H3,(H,28,30). The highest BCUT2D eigenvalue weighted by Crippen LogP contribution is 2.30. The van der Waals surface area contributed by atoms with Gasteiger partial charge in [0.15, 0.2) is 11.7 Å². The Morgan fingerprint density at radius 2 is 1.80 bits per heavy atom. The lowest BCUT2D eigenvalue weighted by Crippen LogP contribution is -2.30. The predicted octanol–water partition coefficient (Wildman–Crippen LogP) is 5.04. The van der Waals surface area contributed by atoms with Crippen LogP contribution in [0.1, 0.15) is 45.6 Å². The van der Waals surface area contributed by atoms with Crippen LogP contribution in [-0.4, -0.2) is 42.8 Å². The Labute approximate surface area is 207 Å². The SMILES string of the molecule is CCN(CC)S(=O)(=O)c1ccc(OC(C)C)c(NC(=O)CCc2ncc(-c3ccc(C)cc3)o2)c1. The van der Waals surface area contributed by atoms with Crippen molar-refractivity contribution in [2.24, 2.45) is 0 Å². The molecular formula is C26H33N3O5S. The quantitative estimate of drug-likeness (QED) is 0.397. The van der Waals surface area contributed by atoms with Gasteiger partial charge in [-0.25, -0.2) is 13.4 Å². The third kappa shape index (κ3) is 6.70. The number of rotatable bonds is 11. The van der Waals surface area contributed by atoms with Crippen LogP contribution >= 0.6 is 0 Å². The van der Waals surface area contributed by atoms with Gasteiger partial charge in [0.1, 0.15) is 5.75 Å². The molecule has 0 spiro atoms. The van der Waals surface area contributed by atoms with Gasteiger partial charge in [-0.3, -0.25) is 4.79 Å². The normalized spacial score (nSPS) is 11.7. The number of hydrogen-bond acceptors (Lipinski definition) is 6. The fraction of sp³-hybridized carbons (Fsp3) is 0.385. The highest BCUT2D eigenvalue weighted by molar-refractivity contribution is 7.89. The van der Waals surface area contributed by atoms with Gasteiger partial charge < -0.3 is 14.5 Å². The van der Waals surface area contributed by atoms with Crippen molar-refractivity contribution in [1.82, 2.24) is 9.29 Å². The molecule has 188 valence electrons. The lowest BCUT2D eigenvalue weighted by Gasteiger charge is -2.20. The molecule has 9 heteroatoms. The summed E-state index contributed by atoms with van der Waals surface area (Å²) in [4.78, 5) is 17.1. The number of benzene rings is 2. The zero-order valence-corrected chi connectivity index (χ0v) is 21.7. The number of hydrogen-bond donors (Lipinski definition) is 1. The molecule has 1 aromatic heterocycles. The smallest absolute Gasteiger partial charge is 0.243 e. The lowest BCUT2D eigenvalue weighted by molar-refractivity contribution is -0.116. The average molecular weight is 500 g/mol. The third-order valence-electron chi connectivity index (χ3n) is 5.39. The number of ether oxygens (including phenoxy) is 1. The molecule has 0 bridgehead atoms. The number of oxazole rings is 1. The van der Waals surface area contributed by atoms with Crippen LogP contribution in [0.3, 0.4) is 0 Å². The van der Waals surface area contributed by atoms with E-state index >= 15 is 0 Å². The van der Waals surface area contributed by atoms with E-state index in [0.29, 0.717) is 42.6 Å². The molecule has 0 aliphatic carbocycles. The summed E-state index contributed by atoms with van der Waals surface area (Å²) >= 11 is 0. The number of nitrogens with one attached hydrogen (secondary N) is 1. The number of carbonyl (C=O) groups excluding carboxylic acids is 1. The van der Waals surface area contributed by atoms with E-state index in [-0.39, 0.29) is 23.3 Å². The summed E-state index contributed by atoms with van der Waals surface area (Å²) in [5, 5.41) is 2.80. The minimum atomic E-state index is -3.68. The summed E-state index contributed by atoms with van der Waals surface area (Å²) in [6, 6.07) is 12.4. The second-order valence-electron chi connectivity index (χ2n) is 8.45. The van der Waals surface area contributed by atoms with E-state index in [1.165, 1.54) is 16.4 Å². The third-order valence-corrected chi connectivity index (χ3v) is 7.43. The summed E-state index contributed by atoms with van der Waals surface area (Å²) in [5.74, 6) is 1.20. The Bertz CT molecular complexity index is 1250. The van der Waals surface area contributed by atoms with Crippen molar-refractivity contribution in [1.29, 1.82) is 0 Å². The summed E-state index contributed by atoms with van der Waals surface area (Å²) in [6.45, 7) is 10.0. The van der Waals surface area contributed by atoms with Gasteiger partial charge in [-0.1, -0.05) is 43.7 Å². The molecule has 0 aliphatic heterocycles. The summed E-state index contributed by atoms with van der Waals surface area (Å²) in [5.41, 5.74) is 2.38. The van der Waals surface area contributed by atoms with Gasteiger partial charge in [0.05, 0.1) is 22.9 Å². The van der Waals surface area contributed by atoms with E-state index in [9.17, 15) is 13.2 Å². The predicted molar refractivity (Wildman–Crippen MR) is 136 cm³/mol. The van der Waals surface area contributed by atoms with E-state index < -0.39 is 10.0 Å². The Morgan fingerprint density at radius 3 is 2.43 bits per heavy atom. The number of carbonyl (C=O) groups is 1. The number of sulfonamides is 1. The Morgan fingerprint density at radius 1 is 1.11 bits per heavy atom. The highest BCUT2D eigenvalue weighted by Gasteiger charge is 2.23. The molecule has 0 saturated heterocycles. The molecule has 1 amide bonds. The molecule has 0 saturated carbocycles. The van der Waals surface area contributed by atoms with E-state index in [1.807, 2.05) is 45.0 Å². The average Bonchev–Trinajstić information content (AvgIpc) is 3.28. The number of amides is 1. The minimum Gasteiger partial charge on any atom is -0.489 e. The Hall–Kier alpha value is -3.17. The van der Waals surface area contributed by atoms with Crippen molar-refractivity contribution in [3.05, 3.63) is 60.1 Å². The first-order valence-corrected chi connectivity index (χ1v) is 13.2. The molecule has 3 aromatic rings. The molecule has 8 nitrogen and oxygen atoms in total. The van der Waals surface area contributed by atoms with Crippen molar-refractivity contribution in [2.45, 2.75) is 58.5 Å². The van der Waals surface area contributed by atoms with Crippen LogP contribution < -0.4 is 10.1 Å². The van der Waals surface area contributed by atoms with E-state index in [0.717, 1.165) is 11.1 Å². The first kappa shape index (κ1) is 26.4. The van der Waals surface area contributed by atoms with Gasteiger partial charge in [0.25, 0.3) is 0 Å². The summed E-state index contributed by atoms with van der Waals surface area (Å²) in [7, 11) is -3.68. The van der Waals surface area contributed by atoms with Crippen LogP contribution in [0, 0.1) is 6.92 Å². The maximum Gasteiger partial charge on any atom is 0.243 e. The van der Waals surface area contributed by atoms with E-state index in [2.05, 4.69) is 10.3 Å². The molecule has 35 heavy (non-hydrogen) atoms. The second kappa shape index (κ2) is 11.5. The number of nitrogens with zero attached hydrogens (tertiary/aromatic N) is 2. The van der Waals surface area contributed by atoms with Gasteiger partial charge in [-0.2, -0.15) is 4.31 Å². The number of aryl methyl sites for hydroxylation is 2. The molecule has 0 aliphatic rings. The molecule has 0 radical (unpaired) electrons. The molecule has 1 heterocycles. The largest absolute Gasteiger partial charge is 0.489 e. The van der Waals surface area contributed by atoms with Crippen molar-refractivity contribution in [2.75, 3.05) is 18.4 Å². The van der Waals surface area contributed by atoms with Crippen LogP contribution in [0.5, 0.6) is 5.75 Å². The molecular weight excluding hydrogens is 466 g/mol. The van der Waals surface area contributed by atoms with Gasteiger partial charge in [-0.15, -0.1) is 0 Å². The van der Waals surface area contributed by atoms with Gasteiger partial charge in [0.2, 0.25) is 15.9 Å². The fourth-order valence-electron chi connectivity index (χ4n) is 3.55. The lowest BCUT2D eigenvalue weighted by atomic mass is 10.1. The molecule has 3 rings (SSSR count). The second-order valence-corrected chi connectivity index (χ2v) is 10.4. The first-order chi connectivity index (χ1) is 16.6. The number of anilines is 1. The topological polar surface area (TPSA) is 102 Å². The van der Waals surface area contributed by atoms with Gasteiger partial charge >= 0.3 is 0 Å². The molecule has 0 fully saturated rings. The van der Waals surface area contributed by atoms with Crippen molar-refractivity contribution >= 4 is 21.6 Å². The van der Waals surface area contributed by atoms with Crippen molar-refractivity contribution in [3.63, 3.8) is 0 Å². The van der Waals surface area contributed by atoms with Crippen LogP contribution in [0.25, 0.3) is 11.3 Å². The maximum absolute atomic E-state index is 13.0. The van der Waals surface area contributed by atoms with Crippen LogP contribution in [0.4, 0.5) is 5.69 Å². The number of aromatic nitrogens is 1. The zero-order valence-electron chi connectivity index (χ0n) is 20.9. The maximum atomic E-state index is 13.0. The van der Waals surface area contributed by atoms with E-state index in [1.54, 1.807) is 26.1 Å². The van der Waals surface area contributed by atoms with E-state index in [4.69, 9.17) is 9.15 Å². The first-order valence-electron chi connectivity index (χ1n) is 11.8. The molecule has 0 unspecified atom stereocenters. The highest BCUT2D eigenvalue weighted by atomic mass is 32.2. The van der Waals surface area contributed by atoms with Crippen molar-refractivity contribution in [3.8, 4) is 17.1 Å². The monoisotopic (exact) mass is 499 g/mol. The Kier molecular flexibility index (Phi) is 8.69. The zero-order chi connectivity index (χ0) is 25.6. The molecule has 1 N–H and O–H groups in total.